The van der Waals surface area contributed by atoms with Crippen molar-refractivity contribution in [3.05, 3.63) is 80.8 Å². The van der Waals surface area contributed by atoms with Gasteiger partial charge in [-0.1, -0.05) is 24.3 Å². The van der Waals surface area contributed by atoms with Gasteiger partial charge in [-0.25, -0.2) is 13.8 Å². The SMILES string of the molecule is COc1cccc(-c2cc(C(F)F)c3c(=O)[nH]c(=S)n(-c4cccc(C)c4)c3n2)c1. The normalized spacial score (nSPS) is 11.2. The zero-order valence-corrected chi connectivity index (χ0v) is 17.0. The van der Waals surface area contributed by atoms with Crippen LogP contribution in [0.4, 0.5) is 8.78 Å². The molecule has 0 spiro atoms. The summed E-state index contributed by atoms with van der Waals surface area (Å²) in [6.45, 7) is 1.90. The van der Waals surface area contributed by atoms with Gasteiger partial charge in [-0.2, -0.15) is 0 Å². The summed E-state index contributed by atoms with van der Waals surface area (Å²) in [4.78, 5) is 19.7. The highest BCUT2D eigenvalue weighted by molar-refractivity contribution is 7.71. The fourth-order valence-electron chi connectivity index (χ4n) is 3.37. The van der Waals surface area contributed by atoms with Crippen LogP contribution < -0.4 is 10.3 Å². The molecule has 0 atom stereocenters. The summed E-state index contributed by atoms with van der Waals surface area (Å²) in [5, 5.41) is -0.188. The van der Waals surface area contributed by atoms with E-state index in [0.717, 1.165) is 5.56 Å². The highest BCUT2D eigenvalue weighted by Gasteiger charge is 2.21. The van der Waals surface area contributed by atoms with Crippen LogP contribution in [-0.4, -0.2) is 21.6 Å². The average Bonchev–Trinajstić information content (AvgIpc) is 2.73. The van der Waals surface area contributed by atoms with E-state index in [1.165, 1.54) is 17.7 Å². The Bertz CT molecular complexity index is 1380. The molecule has 0 radical (unpaired) electrons. The second-order valence-electron chi connectivity index (χ2n) is 6.76. The first-order chi connectivity index (χ1) is 14.4. The number of halogens is 2. The maximum atomic E-state index is 14.0. The van der Waals surface area contributed by atoms with E-state index in [0.29, 0.717) is 17.0 Å². The lowest BCUT2D eigenvalue weighted by molar-refractivity contribution is 0.153. The van der Waals surface area contributed by atoms with Gasteiger partial charge in [0.05, 0.1) is 23.9 Å². The lowest BCUT2D eigenvalue weighted by Gasteiger charge is -2.15. The number of ether oxygens (including phenoxy) is 1. The number of aromatic amines is 1. The van der Waals surface area contributed by atoms with Crippen LogP contribution in [0.5, 0.6) is 5.75 Å². The Kier molecular flexibility index (Phi) is 5.17. The maximum Gasteiger partial charge on any atom is 0.264 e. The van der Waals surface area contributed by atoms with Gasteiger partial charge in [-0.3, -0.25) is 14.3 Å². The van der Waals surface area contributed by atoms with E-state index in [2.05, 4.69) is 9.97 Å². The second kappa shape index (κ2) is 7.79. The van der Waals surface area contributed by atoms with Crippen molar-refractivity contribution in [1.29, 1.82) is 0 Å². The molecule has 2 heterocycles. The van der Waals surface area contributed by atoms with Gasteiger partial charge in [0.1, 0.15) is 5.75 Å². The molecule has 0 aliphatic carbocycles. The summed E-state index contributed by atoms with van der Waals surface area (Å²) in [6, 6.07) is 15.5. The van der Waals surface area contributed by atoms with E-state index in [1.807, 2.05) is 25.1 Å². The minimum absolute atomic E-state index is 0.0740. The Labute approximate surface area is 175 Å². The van der Waals surface area contributed by atoms with Crippen LogP contribution in [0.25, 0.3) is 28.0 Å². The molecule has 0 aliphatic heterocycles. The molecule has 0 bridgehead atoms. The summed E-state index contributed by atoms with van der Waals surface area (Å²) in [6.07, 6.45) is -2.87. The quantitative estimate of drug-likeness (QED) is 0.447. The molecule has 4 aromatic rings. The number of nitrogens with one attached hydrogen (secondary N) is 1. The molecule has 1 N–H and O–H groups in total. The summed E-state index contributed by atoms with van der Waals surface area (Å²) < 4.78 is 34.8. The third-order valence-electron chi connectivity index (χ3n) is 4.75. The third kappa shape index (κ3) is 3.50. The van der Waals surface area contributed by atoms with Gasteiger partial charge in [0.15, 0.2) is 10.4 Å². The van der Waals surface area contributed by atoms with Crippen LogP contribution in [0, 0.1) is 11.7 Å². The number of pyridine rings is 1. The van der Waals surface area contributed by atoms with Gasteiger partial charge < -0.3 is 4.74 Å². The van der Waals surface area contributed by atoms with Crippen LogP contribution >= 0.6 is 12.2 Å². The van der Waals surface area contributed by atoms with Crippen molar-refractivity contribution in [2.75, 3.05) is 7.11 Å². The number of benzene rings is 2. The van der Waals surface area contributed by atoms with E-state index in [1.54, 1.807) is 30.3 Å². The zero-order chi connectivity index (χ0) is 21.4. The molecule has 2 aromatic carbocycles. The van der Waals surface area contributed by atoms with Crippen molar-refractivity contribution >= 4 is 23.3 Å². The van der Waals surface area contributed by atoms with Crippen LogP contribution in [0.1, 0.15) is 17.6 Å². The topological polar surface area (TPSA) is 59.9 Å². The first-order valence-electron chi connectivity index (χ1n) is 9.08. The van der Waals surface area contributed by atoms with Crippen molar-refractivity contribution in [3.8, 4) is 22.7 Å². The van der Waals surface area contributed by atoms with Gasteiger partial charge in [0, 0.05) is 11.1 Å². The van der Waals surface area contributed by atoms with Crippen molar-refractivity contribution in [3.63, 3.8) is 0 Å². The van der Waals surface area contributed by atoms with E-state index < -0.39 is 17.5 Å². The summed E-state index contributed by atoms with van der Waals surface area (Å²) in [7, 11) is 1.52. The van der Waals surface area contributed by atoms with Gasteiger partial charge in [0.25, 0.3) is 12.0 Å². The van der Waals surface area contributed by atoms with E-state index in [9.17, 15) is 13.6 Å². The Morgan fingerprint density at radius 3 is 2.60 bits per heavy atom. The number of rotatable bonds is 4. The highest BCUT2D eigenvalue weighted by Crippen LogP contribution is 2.31. The average molecular weight is 425 g/mol. The second-order valence-corrected chi connectivity index (χ2v) is 7.15. The minimum Gasteiger partial charge on any atom is -0.497 e. The molecular formula is C22H17F2N3O2S. The Morgan fingerprint density at radius 1 is 1.13 bits per heavy atom. The molecule has 5 nitrogen and oxygen atoms in total. The summed E-state index contributed by atoms with van der Waals surface area (Å²) in [5.41, 5.74) is 1.42. The lowest BCUT2D eigenvalue weighted by atomic mass is 10.1. The number of alkyl halides is 2. The molecule has 152 valence electrons. The van der Waals surface area contributed by atoms with Crippen LogP contribution in [0.3, 0.4) is 0 Å². The number of fused-ring (bicyclic) bond motifs is 1. The van der Waals surface area contributed by atoms with Crippen LogP contribution in [0.15, 0.2) is 59.4 Å². The van der Waals surface area contributed by atoms with Gasteiger partial charge in [0.2, 0.25) is 0 Å². The first-order valence-corrected chi connectivity index (χ1v) is 9.49. The summed E-state index contributed by atoms with van der Waals surface area (Å²) >= 11 is 5.36. The maximum absolute atomic E-state index is 14.0. The standard InChI is InChI=1S/C22H17F2N3O2S/c1-12-5-3-7-14(9-12)27-20-18(21(28)26-22(27)30)16(19(23)24)11-17(25-20)13-6-4-8-15(10-13)29-2/h3-11,19H,1-2H3,(H,26,28,30). The van der Waals surface area contributed by atoms with Crippen LogP contribution in [0.2, 0.25) is 0 Å². The smallest absolute Gasteiger partial charge is 0.264 e. The monoisotopic (exact) mass is 425 g/mol. The van der Waals surface area contributed by atoms with Gasteiger partial charge >= 0.3 is 0 Å². The Morgan fingerprint density at radius 2 is 1.90 bits per heavy atom. The molecule has 30 heavy (non-hydrogen) atoms. The highest BCUT2D eigenvalue weighted by atomic mass is 32.1. The van der Waals surface area contributed by atoms with E-state index in [4.69, 9.17) is 17.0 Å². The van der Waals surface area contributed by atoms with Crippen molar-refractivity contribution < 1.29 is 13.5 Å². The lowest BCUT2D eigenvalue weighted by Crippen LogP contribution is -2.17. The number of hydrogen-bond donors (Lipinski definition) is 1. The predicted molar refractivity (Wildman–Crippen MR) is 114 cm³/mol. The Hall–Kier alpha value is -3.39. The molecule has 0 amide bonds. The van der Waals surface area contributed by atoms with Gasteiger partial charge in [-0.15, -0.1) is 0 Å². The molecule has 2 aromatic heterocycles. The van der Waals surface area contributed by atoms with Gasteiger partial charge in [-0.05, 0) is 55.0 Å². The Balaban J connectivity index is 2.14. The van der Waals surface area contributed by atoms with Crippen molar-refractivity contribution in [1.82, 2.24) is 14.5 Å². The number of aryl methyl sites for hydroxylation is 1. The van der Waals surface area contributed by atoms with E-state index in [-0.39, 0.29) is 21.5 Å². The van der Waals surface area contributed by atoms with Crippen molar-refractivity contribution in [2.45, 2.75) is 13.3 Å². The minimum atomic E-state index is -2.87. The fourth-order valence-corrected chi connectivity index (χ4v) is 3.65. The third-order valence-corrected chi connectivity index (χ3v) is 5.04. The van der Waals surface area contributed by atoms with Crippen molar-refractivity contribution in [2.24, 2.45) is 0 Å². The predicted octanol–water partition coefficient (Wildman–Crippen LogP) is 5.36. The first kappa shape index (κ1) is 19.9. The number of H-pyrrole nitrogens is 1. The molecule has 0 saturated heterocycles. The van der Waals surface area contributed by atoms with Crippen LogP contribution in [-0.2, 0) is 0 Å². The number of nitrogens with zero attached hydrogens (tertiary/aromatic N) is 2. The molecule has 8 heteroatoms. The molecule has 0 aliphatic rings. The molecular weight excluding hydrogens is 408 g/mol. The zero-order valence-electron chi connectivity index (χ0n) is 16.1. The van der Waals surface area contributed by atoms with E-state index >= 15 is 0 Å². The number of hydrogen-bond acceptors (Lipinski definition) is 4. The molecule has 0 fully saturated rings. The molecule has 0 saturated carbocycles. The summed E-state index contributed by atoms with van der Waals surface area (Å²) in [5.74, 6) is 0.564. The molecule has 4 rings (SSSR count). The number of methoxy groups -OCH3 is 1. The molecule has 0 unspecified atom stereocenters. The largest absolute Gasteiger partial charge is 0.497 e. The number of aromatic nitrogens is 3. The fraction of sp³-hybridized carbons (Fsp3) is 0.136.